The molecular formula is C14H16ClNOS. The Labute approximate surface area is 116 Å². The minimum atomic E-state index is -0.573. The Hall–Kier alpha value is -0.900. The van der Waals surface area contributed by atoms with Crippen LogP contribution < -0.4 is 0 Å². The van der Waals surface area contributed by atoms with Gasteiger partial charge in [0.25, 0.3) is 0 Å². The minimum Gasteiger partial charge on any atom is -0.387 e. The maximum atomic E-state index is 10.2. The molecular weight excluding hydrogens is 266 g/mol. The molecule has 0 saturated heterocycles. The van der Waals surface area contributed by atoms with Gasteiger partial charge in [-0.1, -0.05) is 24.6 Å². The van der Waals surface area contributed by atoms with Crippen LogP contribution in [0, 0.1) is 6.92 Å². The van der Waals surface area contributed by atoms with E-state index in [1.165, 1.54) is 16.9 Å². The second-order valence-electron chi connectivity index (χ2n) is 4.33. The molecule has 2 aromatic rings. The lowest BCUT2D eigenvalue weighted by atomic mass is 10.1. The van der Waals surface area contributed by atoms with Gasteiger partial charge in [0.15, 0.2) is 0 Å². The van der Waals surface area contributed by atoms with Gasteiger partial charge in [-0.15, -0.1) is 11.3 Å². The maximum absolute atomic E-state index is 10.2. The first kappa shape index (κ1) is 13.5. The van der Waals surface area contributed by atoms with Crippen molar-refractivity contribution in [2.45, 2.75) is 32.8 Å². The lowest BCUT2D eigenvalue weighted by Crippen LogP contribution is -2.02. The number of aliphatic hydroxyl groups is 1. The van der Waals surface area contributed by atoms with E-state index in [-0.39, 0.29) is 0 Å². The second-order valence-corrected chi connectivity index (χ2v) is 5.62. The number of aromatic nitrogens is 1. The molecule has 2 heterocycles. The second kappa shape index (κ2) is 5.83. The first-order valence-corrected chi connectivity index (χ1v) is 7.23. The summed E-state index contributed by atoms with van der Waals surface area (Å²) in [4.78, 5) is 5.18. The van der Waals surface area contributed by atoms with Crippen molar-refractivity contribution in [3.63, 3.8) is 0 Å². The molecule has 0 spiro atoms. The summed E-state index contributed by atoms with van der Waals surface area (Å²) in [5.74, 6) is 0. The number of aryl methyl sites for hydroxylation is 2. The number of halogens is 1. The van der Waals surface area contributed by atoms with Gasteiger partial charge in [0.2, 0.25) is 0 Å². The van der Waals surface area contributed by atoms with Crippen molar-refractivity contribution in [3.8, 4) is 0 Å². The molecule has 0 saturated carbocycles. The average molecular weight is 282 g/mol. The summed E-state index contributed by atoms with van der Waals surface area (Å²) in [6.07, 6.45) is 2.77. The van der Waals surface area contributed by atoms with Gasteiger partial charge in [-0.05, 0) is 35.9 Å². The molecule has 0 bridgehead atoms. The molecule has 1 unspecified atom stereocenters. The SMILES string of the molecule is CCc1ccc(CC(O)c2scc(C)c2Cl)nc1. The van der Waals surface area contributed by atoms with Crippen LogP contribution in [0.5, 0.6) is 0 Å². The fraction of sp³-hybridized carbons (Fsp3) is 0.357. The summed E-state index contributed by atoms with van der Waals surface area (Å²) in [7, 11) is 0. The summed E-state index contributed by atoms with van der Waals surface area (Å²) < 4.78 is 0. The molecule has 0 aliphatic carbocycles. The molecule has 0 aromatic carbocycles. The number of hydrogen-bond donors (Lipinski definition) is 1. The number of aliphatic hydroxyl groups excluding tert-OH is 1. The van der Waals surface area contributed by atoms with Crippen molar-refractivity contribution in [2.75, 3.05) is 0 Å². The van der Waals surface area contributed by atoms with E-state index < -0.39 is 6.10 Å². The zero-order chi connectivity index (χ0) is 13.1. The number of thiophene rings is 1. The molecule has 2 rings (SSSR count). The molecule has 2 aromatic heterocycles. The van der Waals surface area contributed by atoms with Gasteiger partial charge in [-0.25, -0.2) is 0 Å². The Bertz CT molecular complexity index is 521. The molecule has 1 N–H and O–H groups in total. The van der Waals surface area contributed by atoms with Crippen molar-refractivity contribution < 1.29 is 5.11 Å². The quantitative estimate of drug-likeness (QED) is 0.921. The first-order chi connectivity index (χ1) is 8.61. The van der Waals surface area contributed by atoms with Crippen LogP contribution in [0.2, 0.25) is 5.02 Å². The predicted molar refractivity (Wildman–Crippen MR) is 76.3 cm³/mol. The van der Waals surface area contributed by atoms with Crippen LogP contribution in [0.25, 0.3) is 0 Å². The topological polar surface area (TPSA) is 33.1 Å². The fourth-order valence-corrected chi connectivity index (χ4v) is 3.06. The largest absolute Gasteiger partial charge is 0.387 e. The summed E-state index contributed by atoms with van der Waals surface area (Å²) in [5, 5.41) is 12.8. The van der Waals surface area contributed by atoms with Crippen LogP contribution in [-0.4, -0.2) is 10.1 Å². The van der Waals surface area contributed by atoms with Crippen molar-refractivity contribution in [1.29, 1.82) is 0 Å². The van der Waals surface area contributed by atoms with E-state index in [0.717, 1.165) is 22.6 Å². The van der Waals surface area contributed by atoms with Gasteiger partial charge in [0, 0.05) is 18.3 Å². The normalized spacial score (nSPS) is 12.7. The number of rotatable bonds is 4. The molecule has 1 atom stereocenters. The molecule has 0 aliphatic heterocycles. The zero-order valence-electron chi connectivity index (χ0n) is 10.5. The third kappa shape index (κ3) is 2.91. The lowest BCUT2D eigenvalue weighted by Gasteiger charge is -2.09. The number of nitrogens with zero attached hydrogens (tertiary/aromatic N) is 1. The molecule has 0 aliphatic rings. The van der Waals surface area contributed by atoms with E-state index in [1.54, 1.807) is 0 Å². The van der Waals surface area contributed by atoms with Crippen LogP contribution in [0.3, 0.4) is 0 Å². The molecule has 18 heavy (non-hydrogen) atoms. The third-order valence-corrected chi connectivity index (χ3v) is 4.74. The van der Waals surface area contributed by atoms with E-state index in [1.807, 2.05) is 24.6 Å². The Balaban J connectivity index is 2.11. The van der Waals surface area contributed by atoms with Crippen LogP contribution in [0.4, 0.5) is 0 Å². The molecule has 96 valence electrons. The highest BCUT2D eigenvalue weighted by atomic mass is 35.5. The number of pyridine rings is 1. The predicted octanol–water partition coefficient (Wildman–Crippen LogP) is 3.94. The third-order valence-electron chi connectivity index (χ3n) is 2.92. The van der Waals surface area contributed by atoms with Gasteiger partial charge < -0.3 is 5.11 Å². The summed E-state index contributed by atoms with van der Waals surface area (Å²) in [6.45, 7) is 4.04. The standard InChI is InChI=1S/C14H16ClNOS/c1-3-10-4-5-11(16-7-10)6-12(17)14-13(15)9(2)8-18-14/h4-5,7-8,12,17H,3,6H2,1-2H3. The zero-order valence-corrected chi connectivity index (χ0v) is 12.1. The Kier molecular flexibility index (Phi) is 4.38. The van der Waals surface area contributed by atoms with Crippen LogP contribution in [0.1, 0.15) is 34.7 Å². The van der Waals surface area contributed by atoms with Crippen molar-refractivity contribution in [3.05, 3.63) is 50.4 Å². The molecule has 0 fully saturated rings. The first-order valence-electron chi connectivity index (χ1n) is 5.97. The van der Waals surface area contributed by atoms with E-state index in [2.05, 4.69) is 18.0 Å². The average Bonchev–Trinajstić information content (AvgIpc) is 2.71. The fourth-order valence-electron chi connectivity index (χ4n) is 1.75. The van der Waals surface area contributed by atoms with Crippen LogP contribution in [0.15, 0.2) is 23.7 Å². The Morgan fingerprint density at radius 1 is 1.44 bits per heavy atom. The van der Waals surface area contributed by atoms with Gasteiger partial charge in [-0.2, -0.15) is 0 Å². The summed E-state index contributed by atoms with van der Waals surface area (Å²) in [5.41, 5.74) is 3.12. The van der Waals surface area contributed by atoms with E-state index in [9.17, 15) is 5.11 Å². The van der Waals surface area contributed by atoms with Gasteiger partial charge >= 0.3 is 0 Å². The Morgan fingerprint density at radius 2 is 2.22 bits per heavy atom. The summed E-state index contributed by atoms with van der Waals surface area (Å²) in [6, 6.07) is 4.02. The number of hydrogen-bond acceptors (Lipinski definition) is 3. The molecule has 0 radical (unpaired) electrons. The summed E-state index contributed by atoms with van der Waals surface area (Å²) >= 11 is 7.65. The Morgan fingerprint density at radius 3 is 2.72 bits per heavy atom. The van der Waals surface area contributed by atoms with E-state index in [4.69, 9.17) is 11.6 Å². The minimum absolute atomic E-state index is 0.504. The van der Waals surface area contributed by atoms with Gasteiger partial charge in [0.1, 0.15) is 0 Å². The molecule has 0 amide bonds. The smallest absolute Gasteiger partial charge is 0.0952 e. The highest BCUT2D eigenvalue weighted by Crippen LogP contribution is 2.33. The molecule has 4 heteroatoms. The van der Waals surface area contributed by atoms with Gasteiger partial charge in [0.05, 0.1) is 16.0 Å². The van der Waals surface area contributed by atoms with E-state index in [0.29, 0.717) is 11.4 Å². The monoisotopic (exact) mass is 281 g/mol. The molecule has 2 nitrogen and oxygen atoms in total. The highest BCUT2D eigenvalue weighted by Gasteiger charge is 2.16. The van der Waals surface area contributed by atoms with Crippen molar-refractivity contribution >= 4 is 22.9 Å². The van der Waals surface area contributed by atoms with Crippen LogP contribution >= 0.6 is 22.9 Å². The highest BCUT2D eigenvalue weighted by molar-refractivity contribution is 7.10. The van der Waals surface area contributed by atoms with Crippen molar-refractivity contribution in [1.82, 2.24) is 4.98 Å². The van der Waals surface area contributed by atoms with E-state index >= 15 is 0 Å². The van der Waals surface area contributed by atoms with Gasteiger partial charge in [-0.3, -0.25) is 4.98 Å². The lowest BCUT2D eigenvalue weighted by molar-refractivity contribution is 0.181. The maximum Gasteiger partial charge on any atom is 0.0952 e. The van der Waals surface area contributed by atoms with Crippen LogP contribution in [-0.2, 0) is 12.8 Å². The van der Waals surface area contributed by atoms with Crippen molar-refractivity contribution in [2.24, 2.45) is 0 Å².